The number of benzene rings is 2. The second-order valence-corrected chi connectivity index (χ2v) is 7.22. The lowest BCUT2D eigenvalue weighted by Crippen LogP contribution is -2.29. The molecule has 1 aromatic heterocycles. The topological polar surface area (TPSA) is 65.4 Å². The van der Waals surface area contributed by atoms with E-state index in [1.807, 2.05) is 49.7 Å². The van der Waals surface area contributed by atoms with E-state index in [1.54, 1.807) is 18.3 Å². The molecule has 0 unspecified atom stereocenters. The first-order valence-electron chi connectivity index (χ1n) is 9.37. The Balaban J connectivity index is 1.53. The van der Waals surface area contributed by atoms with Crippen molar-refractivity contribution in [3.8, 4) is 11.5 Å². The van der Waals surface area contributed by atoms with Crippen LogP contribution in [0.25, 0.3) is 0 Å². The third kappa shape index (κ3) is 3.58. The van der Waals surface area contributed by atoms with E-state index in [9.17, 15) is 4.79 Å². The summed E-state index contributed by atoms with van der Waals surface area (Å²) in [4.78, 5) is 12.9. The van der Waals surface area contributed by atoms with Crippen LogP contribution in [0, 0.1) is 0 Å². The Kier molecular flexibility index (Phi) is 4.55. The first-order valence-corrected chi connectivity index (χ1v) is 9.37. The van der Waals surface area contributed by atoms with Gasteiger partial charge >= 0.3 is 0 Å². The molecule has 0 aliphatic carbocycles. The summed E-state index contributed by atoms with van der Waals surface area (Å²) in [5.41, 5.74) is 3.29. The lowest BCUT2D eigenvalue weighted by Gasteiger charge is -2.16. The molecule has 0 saturated heterocycles. The highest BCUT2D eigenvalue weighted by Gasteiger charge is 2.31. The van der Waals surface area contributed by atoms with Crippen molar-refractivity contribution in [1.29, 1.82) is 0 Å². The Morgan fingerprint density at radius 3 is 2.61 bits per heavy atom. The second kappa shape index (κ2) is 7.03. The Hall–Kier alpha value is -3.28. The van der Waals surface area contributed by atoms with Crippen LogP contribution in [0.2, 0.25) is 0 Å². The number of ether oxygens (including phenoxy) is 2. The van der Waals surface area contributed by atoms with Crippen LogP contribution in [-0.2, 0) is 13.0 Å². The van der Waals surface area contributed by atoms with Gasteiger partial charge in [-0.3, -0.25) is 9.48 Å². The van der Waals surface area contributed by atoms with Crippen LogP contribution in [0.3, 0.4) is 0 Å². The maximum Gasteiger partial charge on any atom is 0.259 e. The minimum atomic E-state index is -0.696. The van der Waals surface area contributed by atoms with Gasteiger partial charge < -0.3 is 14.8 Å². The monoisotopic (exact) mass is 377 g/mol. The number of fused-ring (bicyclic) bond motifs is 1. The molecule has 1 aliphatic rings. The summed E-state index contributed by atoms with van der Waals surface area (Å²) in [7, 11) is 0. The molecule has 2 heterocycles. The lowest BCUT2D eigenvalue weighted by atomic mass is 10.1. The number of carbonyl (C=O) groups is 1. The van der Waals surface area contributed by atoms with Gasteiger partial charge in [0.25, 0.3) is 5.91 Å². The first kappa shape index (κ1) is 18.1. The molecule has 0 spiro atoms. The maximum atomic E-state index is 12.9. The van der Waals surface area contributed by atoms with Crippen LogP contribution in [0.4, 0.5) is 5.69 Å². The van der Waals surface area contributed by atoms with Gasteiger partial charge in [0.2, 0.25) is 5.79 Å². The van der Waals surface area contributed by atoms with Gasteiger partial charge in [-0.05, 0) is 24.1 Å². The number of nitrogens with one attached hydrogen (secondary N) is 1. The van der Waals surface area contributed by atoms with Crippen molar-refractivity contribution in [1.82, 2.24) is 9.78 Å². The maximum absolute atomic E-state index is 12.9. The first-order chi connectivity index (χ1) is 13.4. The van der Waals surface area contributed by atoms with Crippen molar-refractivity contribution in [2.45, 2.75) is 39.5 Å². The number of carbonyl (C=O) groups excluding carboxylic acids is 1. The summed E-state index contributed by atoms with van der Waals surface area (Å²) in [6, 6.07) is 15.5. The van der Waals surface area contributed by atoms with Crippen molar-refractivity contribution in [3.63, 3.8) is 0 Å². The molecule has 6 heteroatoms. The molecule has 0 saturated carbocycles. The zero-order valence-corrected chi connectivity index (χ0v) is 16.2. The third-order valence-electron chi connectivity index (χ3n) is 4.62. The molecule has 1 N–H and O–H groups in total. The van der Waals surface area contributed by atoms with Crippen molar-refractivity contribution in [2.75, 3.05) is 5.32 Å². The fraction of sp³-hybridized carbons (Fsp3) is 0.273. The van der Waals surface area contributed by atoms with Gasteiger partial charge in [0.15, 0.2) is 11.5 Å². The molecular weight excluding hydrogens is 354 g/mol. The van der Waals surface area contributed by atoms with E-state index in [-0.39, 0.29) is 5.91 Å². The van der Waals surface area contributed by atoms with Crippen LogP contribution in [-0.4, -0.2) is 21.5 Å². The predicted octanol–water partition coefficient (Wildman–Crippen LogP) is 4.25. The lowest BCUT2D eigenvalue weighted by molar-refractivity contribution is -0.0431. The molecule has 28 heavy (non-hydrogen) atoms. The number of nitrogens with zero attached hydrogens (tertiary/aromatic N) is 2. The summed E-state index contributed by atoms with van der Waals surface area (Å²) >= 11 is 0. The summed E-state index contributed by atoms with van der Waals surface area (Å²) in [6.45, 7) is 6.36. The molecule has 1 amide bonds. The van der Waals surface area contributed by atoms with Crippen LogP contribution in [0.5, 0.6) is 11.5 Å². The molecule has 3 aromatic rings. The molecule has 144 valence electrons. The smallest absolute Gasteiger partial charge is 0.259 e. The van der Waals surface area contributed by atoms with Gasteiger partial charge in [0, 0.05) is 25.6 Å². The quantitative estimate of drug-likeness (QED) is 0.722. The van der Waals surface area contributed by atoms with Crippen molar-refractivity contribution < 1.29 is 14.3 Å². The van der Waals surface area contributed by atoms with E-state index >= 15 is 0 Å². The van der Waals surface area contributed by atoms with E-state index in [1.165, 1.54) is 0 Å². The third-order valence-corrected chi connectivity index (χ3v) is 4.62. The van der Waals surface area contributed by atoms with Gasteiger partial charge in [-0.1, -0.05) is 37.3 Å². The highest BCUT2D eigenvalue weighted by atomic mass is 16.7. The number of amides is 1. The molecule has 4 rings (SSSR count). The Morgan fingerprint density at radius 2 is 1.86 bits per heavy atom. The van der Waals surface area contributed by atoms with E-state index in [0.717, 1.165) is 11.3 Å². The van der Waals surface area contributed by atoms with Crippen LogP contribution < -0.4 is 14.8 Å². The van der Waals surface area contributed by atoms with Crippen molar-refractivity contribution in [3.05, 3.63) is 71.5 Å². The fourth-order valence-electron chi connectivity index (χ4n) is 3.36. The Labute approximate surface area is 164 Å². The van der Waals surface area contributed by atoms with Gasteiger partial charge in [-0.2, -0.15) is 5.10 Å². The van der Waals surface area contributed by atoms with E-state index in [2.05, 4.69) is 22.5 Å². The average Bonchev–Trinajstić information content (AvgIpc) is 3.20. The van der Waals surface area contributed by atoms with E-state index in [4.69, 9.17) is 9.47 Å². The number of hydrogen-bond donors (Lipinski definition) is 1. The zero-order chi connectivity index (χ0) is 19.7. The molecule has 6 nitrogen and oxygen atoms in total. The largest absolute Gasteiger partial charge is 0.449 e. The normalized spacial score (nSPS) is 14.1. The number of aromatic nitrogens is 2. The van der Waals surface area contributed by atoms with Crippen LogP contribution >= 0.6 is 0 Å². The SMILES string of the molecule is CCc1c(C(=O)Nc2ccc3c(c2)OC(C)(C)O3)cnn1Cc1ccccc1. The van der Waals surface area contributed by atoms with Crippen LogP contribution in [0.15, 0.2) is 54.7 Å². The number of hydrogen-bond acceptors (Lipinski definition) is 4. The van der Waals surface area contributed by atoms with Gasteiger partial charge in [0.05, 0.1) is 24.0 Å². The minimum Gasteiger partial charge on any atom is -0.449 e. The summed E-state index contributed by atoms with van der Waals surface area (Å²) in [5, 5.41) is 7.37. The van der Waals surface area contributed by atoms with Gasteiger partial charge in [-0.25, -0.2) is 0 Å². The highest BCUT2D eigenvalue weighted by molar-refractivity contribution is 6.05. The molecule has 0 atom stereocenters. The van der Waals surface area contributed by atoms with Gasteiger partial charge in [-0.15, -0.1) is 0 Å². The molecule has 0 bridgehead atoms. The summed E-state index contributed by atoms with van der Waals surface area (Å²) < 4.78 is 13.3. The average molecular weight is 377 g/mol. The molecular formula is C22H23N3O3. The molecule has 2 aromatic carbocycles. The standard InChI is InChI=1S/C22H23N3O3/c1-4-18-17(13-23-25(18)14-15-8-6-5-7-9-15)21(26)24-16-10-11-19-20(12-16)28-22(2,3)27-19/h5-13H,4,14H2,1-3H3,(H,24,26). The number of anilines is 1. The number of rotatable bonds is 5. The Morgan fingerprint density at radius 1 is 1.11 bits per heavy atom. The summed E-state index contributed by atoms with van der Waals surface area (Å²) in [5.74, 6) is 0.416. The molecule has 0 radical (unpaired) electrons. The zero-order valence-electron chi connectivity index (χ0n) is 16.2. The minimum absolute atomic E-state index is 0.186. The second-order valence-electron chi connectivity index (χ2n) is 7.22. The van der Waals surface area contributed by atoms with E-state index in [0.29, 0.717) is 35.7 Å². The van der Waals surface area contributed by atoms with Crippen LogP contribution in [0.1, 0.15) is 42.4 Å². The van der Waals surface area contributed by atoms with Gasteiger partial charge in [0.1, 0.15) is 0 Å². The molecule has 0 fully saturated rings. The van der Waals surface area contributed by atoms with Crippen molar-refractivity contribution >= 4 is 11.6 Å². The molecule has 1 aliphatic heterocycles. The fourth-order valence-corrected chi connectivity index (χ4v) is 3.36. The van der Waals surface area contributed by atoms with E-state index < -0.39 is 5.79 Å². The Bertz CT molecular complexity index is 1010. The highest BCUT2D eigenvalue weighted by Crippen LogP contribution is 2.40. The van der Waals surface area contributed by atoms with Crippen molar-refractivity contribution in [2.24, 2.45) is 0 Å². The summed E-state index contributed by atoms with van der Waals surface area (Å²) in [6.07, 6.45) is 2.35. The predicted molar refractivity (Wildman–Crippen MR) is 107 cm³/mol.